The summed E-state index contributed by atoms with van der Waals surface area (Å²) in [6.45, 7) is 6.59. The molecule has 0 aliphatic heterocycles. The minimum absolute atomic E-state index is 0.218. The molecule has 0 rings (SSSR count). The highest BCUT2D eigenvalue weighted by atomic mass is 28.4. The number of carbonyl (C=O) groups is 2. The molecule has 0 saturated heterocycles. The van der Waals surface area contributed by atoms with Gasteiger partial charge in [0.05, 0.1) is 6.61 Å². The van der Waals surface area contributed by atoms with Crippen LogP contribution in [-0.2, 0) is 18.8 Å². The van der Waals surface area contributed by atoms with E-state index in [1.165, 1.54) is 0 Å². The number of hydrogen-bond acceptors (Lipinski definition) is 4. The van der Waals surface area contributed by atoms with Crippen LogP contribution in [0.1, 0.15) is 13.3 Å². The van der Waals surface area contributed by atoms with Gasteiger partial charge in [0.15, 0.2) is 8.32 Å². The number of rotatable bonds is 6. The van der Waals surface area contributed by atoms with E-state index in [1.54, 1.807) is 14.0 Å². The summed E-state index contributed by atoms with van der Waals surface area (Å²) in [5.74, 6) is -1.48. The van der Waals surface area contributed by atoms with Crippen molar-refractivity contribution in [2.75, 3.05) is 20.3 Å². The van der Waals surface area contributed by atoms with Crippen LogP contribution in [0.5, 0.6) is 0 Å². The Morgan fingerprint density at radius 2 is 1.94 bits per heavy atom. The first-order valence-corrected chi connectivity index (χ1v) is 8.54. The second kappa shape index (κ2) is 7.40. The van der Waals surface area contributed by atoms with Gasteiger partial charge in [0, 0.05) is 13.7 Å². The Balaban J connectivity index is 3.67. The van der Waals surface area contributed by atoms with Gasteiger partial charge in [-0.15, -0.1) is 0 Å². The Bertz CT molecular complexity index is 243. The van der Waals surface area contributed by atoms with Gasteiger partial charge in [-0.1, -0.05) is 0 Å². The van der Waals surface area contributed by atoms with Crippen molar-refractivity contribution in [3.05, 3.63) is 0 Å². The van der Waals surface area contributed by atoms with Crippen LogP contribution in [0.25, 0.3) is 0 Å². The number of amides is 1. The van der Waals surface area contributed by atoms with Gasteiger partial charge in [0.1, 0.15) is 0 Å². The summed E-state index contributed by atoms with van der Waals surface area (Å²) < 4.78 is 9.92. The maximum absolute atomic E-state index is 11.1. The fourth-order valence-electron chi connectivity index (χ4n) is 1.09. The van der Waals surface area contributed by atoms with Crippen molar-refractivity contribution in [3.8, 4) is 0 Å². The monoisotopic (exact) mass is 247 g/mol. The van der Waals surface area contributed by atoms with Gasteiger partial charge in [-0.3, -0.25) is 4.79 Å². The fraction of sp³-hybridized carbons (Fsp3) is 0.800. The summed E-state index contributed by atoms with van der Waals surface area (Å²) in [5.41, 5.74) is 0. The molecule has 0 radical (unpaired) electrons. The summed E-state index contributed by atoms with van der Waals surface area (Å²) in [5, 5.41) is 2.52. The Morgan fingerprint density at radius 1 is 1.31 bits per heavy atom. The molecule has 1 amide bonds. The van der Waals surface area contributed by atoms with Gasteiger partial charge in [0.2, 0.25) is 0 Å². The van der Waals surface area contributed by atoms with Crippen molar-refractivity contribution >= 4 is 20.2 Å². The number of ether oxygens (including phenoxy) is 1. The van der Waals surface area contributed by atoms with Crippen molar-refractivity contribution in [1.82, 2.24) is 5.32 Å². The van der Waals surface area contributed by atoms with E-state index in [0.717, 1.165) is 12.5 Å². The molecule has 0 fully saturated rings. The normalized spacial score (nSPS) is 11.0. The van der Waals surface area contributed by atoms with E-state index in [9.17, 15) is 9.59 Å². The van der Waals surface area contributed by atoms with Crippen LogP contribution >= 0.6 is 0 Å². The zero-order valence-electron chi connectivity index (χ0n) is 10.5. The molecule has 0 aromatic carbocycles. The lowest BCUT2D eigenvalue weighted by atomic mass is 10.4. The molecular weight excluding hydrogens is 226 g/mol. The van der Waals surface area contributed by atoms with Gasteiger partial charge in [0.25, 0.3) is 0 Å². The van der Waals surface area contributed by atoms with E-state index < -0.39 is 20.2 Å². The van der Waals surface area contributed by atoms with Crippen LogP contribution in [-0.4, -0.2) is 40.5 Å². The molecule has 16 heavy (non-hydrogen) atoms. The molecule has 0 aromatic rings. The van der Waals surface area contributed by atoms with Crippen molar-refractivity contribution in [1.29, 1.82) is 0 Å². The van der Waals surface area contributed by atoms with E-state index in [0.29, 0.717) is 6.54 Å². The van der Waals surface area contributed by atoms with Crippen molar-refractivity contribution in [2.24, 2.45) is 0 Å². The average Bonchev–Trinajstić information content (AvgIpc) is 2.24. The third-order valence-corrected chi connectivity index (χ3v) is 4.92. The maximum atomic E-state index is 11.1. The highest BCUT2D eigenvalue weighted by Crippen LogP contribution is 2.11. The SMILES string of the molecule is CCOC(=O)C(=O)NCCC[Si](C)(C)OC. The maximum Gasteiger partial charge on any atom is 0.396 e. The summed E-state index contributed by atoms with van der Waals surface area (Å²) in [7, 11) is 0.153. The zero-order chi connectivity index (χ0) is 12.6. The van der Waals surface area contributed by atoms with Crippen molar-refractivity contribution in [3.63, 3.8) is 0 Å². The molecule has 6 heteroatoms. The number of esters is 1. The Hall–Kier alpha value is -0.883. The zero-order valence-corrected chi connectivity index (χ0v) is 11.5. The topological polar surface area (TPSA) is 64.6 Å². The van der Waals surface area contributed by atoms with E-state index in [1.807, 2.05) is 0 Å². The van der Waals surface area contributed by atoms with Crippen LogP contribution in [0.3, 0.4) is 0 Å². The van der Waals surface area contributed by atoms with Gasteiger partial charge in [-0.25, -0.2) is 4.79 Å². The Morgan fingerprint density at radius 3 is 2.44 bits per heavy atom. The molecule has 94 valence electrons. The molecule has 0 saturated carbocycles. The van der Waals surface area contributed by atoms with Gasteiger partial charge in [-0.2, -0.15) is 0 Å². The lowest BCUT2D eigenvalue weighted by Gasteiger charge is -2.19. The summed E-state index contributed by atoms with van der Waals surface area (Å²) in [4.78, 5) is 22.1. The average molecular weight is 247 g/mol. The van der Waals surface area contributed by atoms with E-state index in [2.05, 4.69) is 23.1 Å². The molecule has 1 N–H and O–H groups in total. The third-order valence-electron chi connectivity index (χ3n) is 2.25. The molecule has 5 nitrogen and oxygen atoms in total. The number of carbonyl (C=O) groups excluding carboxylic acids is 2. The lowest BCUT2D eigenvalue weighted by molar-refractivity contribution is -0.154. The van der Waals surface area contributed by atoms with Crippen LogP contribution in [0.15, 0.2) is 0 Å². The largest absolute Gasteiger partial charge is 0.459 e. The number of nitrogens with one attached hydrogen (secondary N) is 1. The fourth-order valence-corrected chi connectivity index (χ4v) is 2.32. The smallest absolute Gasteiger partial charge is 0.396 e. The molecule has 0 heterocycles. The molecule has 0 unspecified atom stereocenters. The van der Waals surface area contributed by atoms with Crippen LogP contribution in [0.4, 0.5) is 0 Å². The molecular formula is C10H21NO4Si. The first-order chi connectivity index (χ1) is 7.43. The Kier molecular flexibility index (Phi) is 6.99. The molecule has 0 spiro atoms. The second-order valence-corrected chi connectivity index (χ2v) is 8.47. The summed E-state index contributed by atoms with van der Waals surface area (Å²) in [6, 6.07) is 0.951. The molecule has 0 aliphatic rings. The predicted molar refractivity (Wildman–Crippen MR) is 63.6 cm³/mol. The van der Waals surface area contributed by atoms with Crippen molar-refractivity contribution < 1.29 is 18.8 Å². The predicted octanol–water partition coefficient (Wildman–Crippen LogP) is 0.907. The van der Waals surface area contributed by atoms with E-state index >= 15 is 0 Å². The standard InChI is InChI=1S/C10H21NO4Si/c1-5-15-10(13)9(12)11-7-6-8-16(3,4)14-2/h5-8H2,1-4H3,(H,11,12). The third kappa shape index (κ3) is 6.57. The Labute approximate surface area is 97.6 Å². The summed E-state index contributed by atoms with van der Waals surface area (Å²) in [6.07, 6.45) is 0.818. The minimum Gasteiger partial charge on any atom is -0.459 e. The first kappa shape index (κ1) is 15.1. The molecule has 0 atom stereocenters. The van der Waals surface area contributed by atoms with E-state index in [-0.39, 0.29) is 6.61 Å². The number of hydrogen-bond donors (Lipinski definition) is 1. The molecule has 0 aromatic heterocycles. The van der Waals surface area contributed by atoms with Gasteiger partial charge in [-0.05, 0) is 32.5 Å². The van der Waals surface area contributed by atoms with Crippen LogP contribution in [0, 0.1) is 0 Å². The van der Waals surface area contributed by atoms with Crippen molar-refractivity contribution in [2.45, 2.75) is 32.5 Å². The molecule has 0 aliphatic carbocycles. The highest BCUT2D eigenvalue weighted by molar-refractivity contribution is 6.71. The van der Waals surface area contributed by atoms with Crippen LogP contribution in [0.2, 0.25) is 19.1 Å². The van der Waals surface area contributed by atoms with Gasteiger partial charge < -0.3 is 14.5 Å². The molecule has 0 bridgehead atoms. The summed E-state index contributed by atoms with van der Waals surface area (Å²) >= 11 is 0. The van der Waals surface area contributed by atoms with Crippen LogP contribution < -0.4 is 5.32 Å². The lowest BCUT2D eigenvalue weighted by Crippen LogP contribution is -2.35. The minimum atomic E-state index is -1.56. The van der Waals surface area contributed by atoms with E-state index in [4.69, 9.17) is 4.43 Å². The highest BCUT2D eigenvalue weighted by Gasteiger charge is 2.20. The van der Waals surface area contributed by atoms with Gasteiger partial charge >= 0.3 is 11.9 Å². The quantitative estimate of drug-likeness (QED) is 0.328. The second-order valence-electron chi connectivity index (χ2n) is 4.04. The first-order valence-electron chi connectivity index (χ1n) is 5.43.